The Labute approximate surface area is 89.5 Å². The number of nitrogens with zero attached hydrogens (tertiary/aromatic N) is 1. The lowest BCUT2D eigenvalue weighted by atomic mass is 10.1. The summed E-state index contributed by atoms with van der Waals surface area (Å²) in [5, 5.41) is 1.32. The summed E-state index contributed by atoms with van der Waals surface area (Å²) in [6.07, 6.45) is 3.31. The lowest BCUT2D eigenvalue weighted by Gasteiger charge is -2.13. The van der Waals surface area contributed by atoms with Crippen LogP contribution < -0.4 is 4.74 Å². The van der Waals surface area contributed by atoms with Gasteiger partial charge in [-0.3, -0.25) is 0 Å². The van der Waals surface area contributed by atoms with Gasteiger partial charge < -0.3 is 9.30 Å². The van der Waals surface area contributed by atoms with E-state index in [-0.39, 0.29) is 0 Å². The molecule has 15 heavy (non-hydrogen) atoms. The van der Waals surface area contributed by atoms with Crippen LogP contribution >= 0.6 is 0 Å². The van der Waals surface area contributed by atoms with Gasteiger partial charge in [0.05, 0.1) is 12.1 Å². The topological polar surface area (TPSA) is 14.2 Å². The Bertz CT molecular complexity index is 510. The summed E-state index contributed by atoms with van der Waals surface area (Å²) in [4.78, 5) is 0. The van der Waals surface area contributed by atoms with Crippen LogP contribution in [0.3, 0.4) is 0 Å². The highest BCUT2D eigenvalue weighted by Gasteiger charge is 2.17. The largest absolute Gasteiger partial charge is 0.493 e. The van der Waals surface area contributed by atoms with E-state index in [1.165, 1.54) is 16.5 Å². The van der Waals surface area contributed by atoms with Crippen LogP contribution in [-0.2, 0) is 6.42 Å². The molecule has 0 amide bonds. The number of hydrogen-bond donors (Lipinski definition) is 0. The zero-order chi connectivity index (χ0) is 10.4. The van der Waals surface area contributed by atoms with E-state index >= 15 is 0 Å². The Morgan fingerprint density at radius 1 is 1.33 bits per heavy atom. The van der Waals surface area contributed by atoms with Crippen LogP contribution in [0.2, 0.25) is 0 Å². The first kappa shape index (κ1) is 8.84. The molecule has 0 saturated heterocycles. The molecule has 2 nitrogen and oxygen atoms in total. The molecule has 1 aliphatic rings. The summed E-state index contributed by atoms with van der Waals surface area (Å²) in [5.74, 6) is 1.05. The van der Waals surface area contributed by atoms with E-state index in [0.717, 1.165) is 18.8 Å². The van der Waals surface area contributed by atoms with Gasteiger partial charge in [0.25, 0.3) is 0 Å². The molecule has 2 aromatic rings. The van der Waals surface area contributed by atoms with E-state index in [2.05, 4.69) is 42.8 Å². The molecule has 1 aromatic carbocycles. The number of aromatic nitrogens is 1. The van der Waals surface area contributed by atoms with Gasteiger partial charge in [0.1, 0.15) is 5.75 Å². The molecular weight excluding hydrogens is 186 g/mol. The zero-order valence-corrected chi connectivity index (χ0v) is 9.16. The highest BCUT2D eigenvalue weighted by atomic mass is 16.5. The van der Waals surface area contributed by atoms with E-state index < -0.39 is 0 Å². The van der Waals surface area contributed by atoms with Gasteiger partial charge in [-0.2, -0.15) is 0 Å². The fraction of sp³-hybridized carbons (Fsp3) is 0.385. The van der Waals surface area contributed by atoms with Crippen LogP contribution in [0.5, 0.6) is 5.75 Å². The molecule has 1 aliphatic heterocycles. The normalized spacial score (nSPS) is 14.6. The SMILES string of the molecule is CC(C)n1cc2c3c(cccc31)OCC2. The number of rotatable bonds is 1. The van der Waals surface area contributed by atoms with Crippen molar-refractivity contribution >= 4 is 10.9 Å². The Morgan fingerprint density at radius 3 is 3.00 bits per heavy atom. The van der Waals surface area contributed by atoms with Crippen molar-refractivity contribution in [2.24, 2.45) is 0 Å². The van der Waals surface area contributed by atoms with Crippen LogP contribution in [0.25, 0.3) is 10.9 Å². The standard InChI is InChI=1S/C13H15NO/c1-9(2)14-8-10-6-7-15-12-5-3-4-11(14)13(10)12/h3-5,8-9H,6-7H2,1-2H3. The fourth-order valence-corrected chi connectivity index (χ4v) is 2.37. The summed E-state index contributed by atoms with van der Waals surface area (Å²) in [6.45, 7) is 5.25. The van der Waals surface area contributed by atoms with Crippen molar-refractivity contribution in [3.63, 3.8) is 0 Å². The molecule has 2 heteroatoms. The van der Waals surface area contributed by atoms with E-state index in [0.29, 0.717) is 6.04 Å². The summed E-state index contributed by atoms with van der Waals surface area (Å²) < 4.78 is 8.01. The van der Waals surface area contributed by atoms with Crippen molar-refractivity contribution in [1.29, 1.82) is 0 Å². The van der Waals surface area contributed by atoms with Gasteiger partial charge in [-0.1, -0.05) is 6.07 Å². The first-order valence-electron chi connectivity index (χ1n) is 5.52. The van der Waals surface area contributed by atoms with Crippen LogP contribution in [0.4, 0.5) is 0 Å². The summed E-state index contributed by atoms with van der Waals surface area (Å²) in [5.41, 5.74) is 2.73. The van der Waals surface area contributed by atoms with E-state index in [4.69, 9.17) is 4.74 Å². The first-order chi connectivity index (χ1) is 7.27. The minimum Gasteiger partial charge on any atom is -0.493 e. The van der Waals surface area contributed by atoms with Crippen molar-refractivity contribution in [1.82, 2.24) is 4.57 Å². The van der Waals surface area contributed by atoms with E-state index in [9.17, 15) is 0 Å². The maximum absolute atomic E-state index is 5.68. The van der Waals surface area contributed by atoms with Crippen molar-refractivity contribution in [2.75, 3.05) is 6.61 Å². The molecule has 0 spiro atoms. The minimum absolute atomic E-state index is 0.509. The van der Waals surface area contributed by atoms with Crippen LogP contribution in [0, 0.1) is 0 Å². The Hall–Kier alpha value is -1.44. The predicted octanol–water partition coefficient (Wildman–Crippen LogP) is 3.16. The third-order valence-electron chi connectivity index (χ3n) is 3.08. The fourth-order valence-electron chi connectivity index (χ4n) is 2.37. The van der Waals surface area contributed by atoms with Gasteiger partial charge in [-0.05, 0) is 31.5 Å². The third-order valence-corrected chi connectivity index (χ3v) is 3.08. The van der Waals surface area contributed by atoms with Crippen molar-refractivity contribution in [3.8, 4) is 5.75 Å². The molecule has 0 radical (unpaired) electrons. The molecule has 0 unspecified atom stereocenters. The average Bonchev–Trinajstić information content (AvgIpc) is 2.61. The molecule has 0 atom stereocenters. The molecular formula is C13H15NO. The minimum atomic E-state index is 0.509. The predicted molar refractivity (Wildman–Crippen MR) is 61.5 cm³/mol. The van der Waals surface area contributed by atoms with Gasteiger partial charge in [0.2, 0.25) is 0 Å². The van der Waals surface area contributed by atoms with Gasteiger partial charge in [-0.15, -0.1) is 0 Å². The van der Waals surface area contributed by atoms with Crippen LogP contribution in [0.1, 0.15) is 25.5 Å². The number of ether oxygens (including phenoxy) is 1. The summed E-state index contributed by atoms with van der Waals surface area (Å²) in [7, 11) is 0. The molecule has 1 aromatic heterocycles. The van der Waals surface area contributed by atoms with Gasteiger partial charge in [0.15, 0.2) is 0 Å². The molecule has 3 rings (SSSR count). The molecule has 0 bridgehead atoms. The molecule has 0 aliphatic carbocycles. The molecule has 0 N–H and O–H groups in total. The molecule has 0 fully saturated rings. The quantitative estimate of drug-likeness (QED) is 0.691. The van der Waals surface area contributed by atoms with Crippen molar-refractivity contribution in [3.05, 3.63) is 30.0 Å². The van der Waals surface area contributed by atoms with E-state index in [1.807, 2.05) is 0 Å². The summed E-state index contributed by atoms with van der Waals surface area (Å²) >= 11 is 0. The second kappa shape index (κ2) is 3.02. The van der Waals surface area contributed by atoms with Gasteiger partial charge >= 0.3 is 0 Å². The highest BCUT2D eigenvalue weighted by molar-refractivity contribution is 5.90. The lowest BCUT2D eigenvalue weighted by Crippen LogP contribution is -2.05. The smallest absolute Gasteiger partial charge is 0.128 e. The second-order valence-electron chi connectivity index (χ2n) is 4.40. The maximum atomic E-state index is 5.68. The number of benzene rings is 1. The average molecular weight is 201 g/mol. The maximum Gasteiger partial charge on any atom is 0.128 e. The zero-order valence-electron chi connectivity index (χ0n) is 9.16. The Kier molecular flexibility index (Phi) is 1.78. The van der Waals surface area contributed by atoms with Gasteiger partial charge in [-0.25, -0.2) is 0 Å². The highest BCUT2D eigenvalue weighted by Crippen LogP contribution is 2.35. The van der Waals surface area contributed by atoms with Gasteiger partial charge in [0, 0.05) is 24.0 Å². The third kappa shape index (κ3) is 1.17. The van der Waals surface area contributed by atoms with Crippen LogP contribution in [-0.4, -0.2) is 11.2 Å². The molecule has 2 heterocycles. The van der Waals surface area contributed by atoms with Crippen LogP contribution in [0.15, 0.2) is 24.4 Å². The molecule has 0 saturated carbocycles. The Morgan fingerprint density at radius 2 is 2.20 bits per heavy atom. The lowest BCUT2D eigenvalue weighted by molar-refractivity contribution is 0.318. The monoisotopic (exact) mass is 201 g/mol. The van der Waals surface area contributed by atoms with E-state index in [1.54, 1.807) is 0 Å². The molecule has 78 valence electrons. The summed E-state index contributed by atoms with van der Waals surface area (Å²) in [6, 6.07) is 6.83. The second-order valence-corrected chi connectivity index (χ2v) is 4.40. The van der Waals surface area contributed by atoms with Crippen molar-refractivity contribution in [2.45, 2.75) is 26.3 Å². The van der Waals surface area contributed by atoms with Crippen molar-refractivity contribution < 1.29 is 4.74 Å². The Balaban J connectivity index is 2.38. The number of hydrogen-bond acceptors (Lipinski definition) is 1. The first-order valence-corrected chi connectivity index (χ1v) is 5.52.